The maximum atomic E-state index is 14.7. The van der Waals surface area contributed by atoms with Crippen LogP contribution in [0.3, 0.4) is 0 Å². The Morgan fingerprint density at radius 1 is 0.867 bits per heavy atom. The molecule has 5 nitrogen and oxygen atoms in total. The van der Waals surface area contributed by atoms with E-state index in [0.29, 0.717) is 11.7 Å². The fourth-order valence-corrected chi connectivity index (χ4v) is 12.1. The van der Waals surface area contributed by atoms with E-state index in [0.717, 1.165) is 70.8 Å². The van der Waals surface area contributed by atoms with E-state index in [1.165, 1.54) is 44.6 Å². The van der Waals surface area contributed by atoms with Gasteiger partial charge < -0.3 is 10.1 Å². The maximum absolute atomic E-state index is 14.7. The average Bonchev–Trinajstić information content (AvgIpc) is 2.96. The van der Waals surface area contributed by atoms with Crippen molar-refractivity contribution >= 4 is 17.7 Å². The number of ether oxygens (including phenoxy) is 1. The Kier molecular flexibility index (Phi) is 9.33. The van der Waals surface area contributed by atoms with Crippen LogP contribution < -0.4 is 5.32 Å². The number of amides is 1. The second-order valence-electron chi connectivity index (χ2n) is 18.2. The number of ketones is 1. The number of hydrogen-bond acceptors (Lipinski definition) is 4. The SMILES string of the molecule is CCCCCCCCNC(=O)[C@@]1(C)CC[C@]2(C)CC[C@]3(C)C(=CC(=O)[C@@H]4[C@@]5(C)CC[C@H](OC(C)=O)C(C)(C)[C@@H]5CC[C@]43C)[C@@H]2C1. The van der Waals surface area contributed by atoms with Gasteiger partial charge in [0.2, 0.25) is 5.91 Å². The topological polar surface area (TPSA) is 72.5 Å². The molecule has 5 rings (SSSR count). The predicted octanol–water partition coefficient (Wildman–Crippen LogP) is 9.38. The van der Waals surface area contributed by atoms with E-state index in [4.69, 9.17) is 4.74 Å². The smallest absolute Gasteiger partial charge is 0.302 e. The van der Waals surface area contributed by atoms with Gasteiger partial charge >= 0.3 is 5.97 Å². The van der Waals surface area contributed by atoms with Gasteiger partial charge in [0.25, 0.3) is 0 Å². The van der Waals surface area contributed by atoms with E-state index in [9.17, 15) is 14.4 Å². The van der Waals surface area contributed by atoms with Crippen molar-refractivity contribution in [3.05, 3.63) is 11.6 Å². The van der Waals surface area contributed by atoms with Crippen LogP contribution >= 0.6 is 0 Å². The summed E-state index contributed by atoms with van der Waals surface area (Å²) in [5.74, 6) is 0.894. The van der Waals surface area contributed by atoms with Crippen molar-refractivity contribution in [1.29, 1.82) is 0 Å². The van der Waals surface area contributed by atoms with Gasteiger partial charge in [0, 0.05) is 30.2 Å². The largest absolute Gasteiger partial charge is 0.462 e. The molecule has 0 unspecified atom stereocenters. The summed E-state index contributed by atoms with van der Waals surface area (Å²) in [7, 11) is 0. The lowest BCUT2D eigenvalue weighted by atomic mass is 9.33. The highest BCUT2D eigenvalue weighted by Crippen LogP contribution is 2.75. The van der Waals surface area contributed by atoms with Crippen LogP contribution in [0.1, 0.15) is 159 Å². The predicted molar refractivity (Wildman–Crippen MR) is 181 cm³/mol. The summed E-state index contributed by atoms with van der Waals surface area (Å²) in [6.45, 7) is 21.1. The first kappa shape index (κ1) is 34.7. The standard InChI is InChI=1S/C40H65NO4/c1-10-11-12-13-14-15-24-41-34(44)37(6)21-20-36(5)22-23-39(8)28(29(36)26-37)25-30(43)33-38(7)18-17-32(45-27(2)42)35(3,4)31(38)16-19-40(33,39)9/h25,29,31-33H,10-24,26H2,1-9H3,(H,41,44)/t29-,31-,32-,33+,36+,37-,38-,39+,40+/m0/s1. The van der Waals surface area contributed by atoms with Crippen molar-refractivity contribution in [2.24, 2.45) is 50.2 Å². The molecule has 4 saturated carbocycles. The third-order valence-electron chi connectivity index (χ3n) is 15.2. The Morgan fingerprint density at radius 2 is 1.53 bits per heavy atom. The van der Waals surface area contributed by atoms with Crippen LogP contribution in [0.4, 0.5) is 0 Å². The van der Waals surface area contributed by atoms with Gasteiger partial charge in [-0.1, -0.05) is 93.1 Å². The van der Waals surface area contributed by atoms with Crippen molar-refractivity contribution in [1.82, 2.24) is 5.32 Å². The molecule has 0 bridgehead atoms. The number of hydrogen-bond donors (Lipinski definition) is 1. The Bertz CT molecular complexity index is 1200. The summed E-state index contributed by atoms with van der Waals surface area (Å²) in [5, 5.41) is 3.34. The van der Waals surface area contributed by atoms with Gasteiger partial charge in [-0.15, -0.1) is 0 Å². The lowest BCUT2D eigenvalue weighted by molar-refractivity contribution is -0.210. The summed E-state index contributed by atoms with van der Waals surface area (Å²) in [5.41, 5.74) is 0.614. The molecule has 9 atom stereocenters. The highest BCUT2D eigenvalue weighted by molar-refractivity contribution is 5.95. The lowest BCUT2D eigenvalue weighted by Gasteiger charge is -2.70. The Morgan fingerprint density at radius 3 is 2.22 bits per heavy atom. The summed E-state index contributed by atoms with van der Waals surface area (Å²) < 4.78 is 5.89. The summed E-state index contributed by atoms with van der Waals surface area (Å²) in [6, 6.07) is 0. The molecule has 0 saturated heterocycles. The van der Waals surface area contributed by atoms with E-state index in [1.807, 2.05) is 0 Å². The zero-order valence-electron chi connectivity index (χ0n) is 30.3. The molecule has 0 aromatic heterocycles. The molecule has 0 aromatic rings. The van der Waals surface area contributed by atoms with Crippen molar-refractivity contribution in [3.63, 3.8) is 0 Å². The van der Waals surface area contributed by atoms with E-state index in [2.05, 4.69) is 66.8 Å². The van der Waals surface area contributed by atoms with Crippen molar-refractivity contribution in [2.75, 3.05) is 6.54 Å². The van der Waals surface area contributed by atoms with Gasteiger partial charge in [0.15, 0.2) is 5.78 Å². The van der Waals surface area contributed by atoms with Crippen molar-refractivity contribution in [3.8, 4) is 0 Å². The number of fused-ring (bicyclic) bond motifs is 7. The maximum Gasteiger partial charge on any atom is 0.302 e. The Labute approximate surface area is 274 Å². The molecule has 1 N–H and O–H groups in total. The first-order valence-electron chi connectivity index (χ1n) is 18.7. The van der Waals surface area contributed by atoms with Gasteiger partial charge in [-0.2, -0.15) is 0 Å². The van der Waals surface area contributed by atoms with Crippen LogP contribution in [0.15, 0.2) is 11.6 Å². The Balaban J connectivity index is 1.40. The Hall–Kier alpha value is -1.65. The van der Waals surface area contributed by atoms with E-state index < -0.39 is 5.41 Å². The molecule has 0 heterocycles. The van der Waals surface area contributed by atoms with Crippen LogP contribution in [0.2, 0.25) is 0 Å². The number of rotatable bonds is 9. The zero-order valence-corrected chi connectivity index (χ0v) is 30.3. The van der Waals surface area contributed by atoms with Crippen LogP contribution in [0.25, 0.3) is 0 Å². The summed E-state index contributed by atoms with van der Waals surface area (Å²) in [6.07, 6.45) is 18.3. The molecule has 0 aromatic carbocycles. The zero-order chi connectivity index (χ0) is 33.1. The highest BCUT2D eigenvalue weighted by atomic mass is 16.5. The van der Waals surface area contributed by atoms with E-state index >= 15 is 0 Å². The van der Waals surface area contributed by atoms with E-state index in [1.54, 1.807) is 0 Å². The third kappa shape index (κ3) is 5.56. The van der Waals surface area contributed by atoms with Crippen LogP contribution in [0, 0.1) is 50.2 Å². The normalized spacial score (nSPS) is 43.6. The molecule has 5 heteroatoms. The second-order valence-corrected chi connectivity index (χ2v) is 18.2. The fourth-order valence-electron chi connectivity index (χ4n) is 12.1. The number of esters is 1. The highest BCUT2D eigenvalue weighted by Gasteiger charge is 2.70. The molecule has 45 heavy (non-hydrogen) atoms. The first-order valence-corrected chi connectivity index (χ1v) is 18.7. The van der Waals surface area contributed by atoms with Crippen molar-refractivity contribution in [2.45, 2.75) is 165 Å². The minimum atomic E-state index is -0.394. The molecule has 0 aliphatic heterocycles. The van der Waals surface area contributed by atoms with Gasteiger partial charge in [0.05, 0.1) is 0 Å². The minimum absolute atomic E-state index is 0.0324. The van der Waals surface area contributed by atoms with Crippen molar-refractivity contribution < 1.29 is 19.1 Å². The molecule has 5 aliphatic carbocycles. The molecule has 0 radical (unpaired) electrons. The number of carbonyl (C=O) groups excluding carboxylic acids is 3. The third-order valence-corrected chi connectivity index (χ3v) is 15.2. The van der Waals surface area contributed by atoms with Crippen LogP contribution in [0.5, 0.6) is 0 Å². The monoisotopic (exact) mass is 623 g/mol. The van der Waals surface area contributed by atoms with Gasteiger partial charge in [0.1, 0.15) is 6.10 Å². The summed E-state index contributed by atoms with van der Waals surface area (Å²) in [4.78, 5) is 40.4. The molecule has 254 valence electrons. The fraction of sp³-hybridized carbons (Fsp3) is 0.875. The molecule has 0 spiro atoms. The average molecular weight is 624 g/mol. The second kappa shape index (κ2) is 12.1. The lowest BCUT2D eigenvalue weighted by Crippen LogP contribution is -2.66. The number of nitrogens with one attached hydrogen (secondary N) is 1. The molecule has 1 amide bonds. The molecular weight excluding hydrogens is 558 g/mol. The van der Waals surface area contributed by atoms with Gasteiger partial charge in [-0.3, -0.25) is 14.4 Å². The minimum Gasteiger partial charge on any atom is -0.462 e. The molecule has 4 fully saturated rings. The van der Waals surface area contributed by atoms with Crippen LogP contribution in [-0.2, 0) is 19.1 Å². The van der Waals surface area contributed by atoms with Gasteiger partial charge in [-0.05, 0) is 104 Å². The molecular formula is C40H65NO4. The first-order chi connectivity index (χ1) is 21.0. The van der Waals surface area contributed by atoms with Crippen LogP contribution in [-0.4, -0.2) is 30.3 Å². The number of allylic oxidation sites excluding steroid dienone is 2. The van der Waals surface area contributed by atoms with E-state index in [-0.39, 0.29) is 56.9 Å². The van der Waals surface area contributed by atoms with Gasteiger partial charge in [-0.25, -0.2) is 0 Å². The summed E-state index contributed by atoms with van der Waals surface area (Å²) >= 11 is 0. The quantitative estimate of drug-likeness (QED) is 0.205. The number of unbranched alkanes of at least 4 members (excludes halogenated alkanes) is 5. The molecule has 5 aliphatic rings. The number of carbonyl (C=O) groups is 3.